The predicted molar refractivity (Wildman–Crippen MR) is 173 cm³/mol. The highest BCUT2D eigenvalue weighted by Gasteiger charge is 2.68. The molecule has 2 aliphatic rings. The lowest BCUT2D eigenvalue weighted by Crippen LogP contribution is -2.56. The number of amides is 2. The Morgan fingerprint density at radius 1 is 0.727 bits per heavy atom. The molecule has 0 aromatic heterocycles. The Kier molecular flexibility index (Phi) is 7.73. The summed E-state index contributed by atoms with van der Waals surface area (Å²) in [6, 6.07) is 33.3. The molecule has 0 fully saturated rings. The Hall–Kier alpha value is -3.84. The summed E-state index contributed by atoms with van der Waals surface area (Å²) in [6.07, 6.45) is 0. The molecule has 6 rings (SSSR count). The van der Waals surface area contributed by atoms with Gasteiger partial charge in [0.25, 0.3) is 5.91 Å². The lowest BCUT2D eigenvalue weighted by molar-refractivity contribution is -0.167. The molecule has 0 spiro atoms. The van der Waals surface area contributed by atoms with E-state index in [1.807, 2.05) is 72.8 Å². The van der Waals surface area contributed by atoms with Gasteiger partial charge in [-0.25, -0.2) is 0 Å². The molecule has 224 valence electrons. The number of fused-ring (bicyclic) bond motifs is 2. The molecule has 9 heteroatoms. The average Bonchev–Trinajstić information content (AvgIpc) is 3.41. The fraction of sp³-hybridized carbons (Fsp3) is 0.229. The first-order valence-electron chi connectivity index (χ1n) is 14.2. The largest absolute Gasteiger partial charge is 0.454 e. The SMILES string of the molecule is CC(C)(OC(=O)C1(C2C(=O)N(Cc3ccccc3)c3ccccc32)C(=O)N(Cc2ccccc2)c2ccccc21)C(Cl)(Cl)Cl. The number of hydrogen-bond donors (Lipinski definition) is 0. The van der Waals surface area contributed by atoms with Crippen LogP contribution < -0.4 is 9.80 Å². The van der Waals surface area contributed by atoms with Crippen LogP contribution in [-0.4, -0.2) is 27.2 Å². The summed E-state index contributed by atoms with van der Waals surface area (Å²) in [7, 11) is 0. The molecule has 0 aliphatic carbocycles. The third kappa shape index (κ3) is 4.86. The number of para-hydroxylation sites is 2. The third-order valence-corrected chi connectivity index (χ3v) is 9.77. The van der Waals surface area contributed by atoms with E-state index >= 15 is 4.79 Å². The van der Waals surface area contributed by atoms with Crippen molar-refractivity contribution < 1.29 is 19.1 Å². The van der Waals surface area contributed by atoms with Gasteiger partial charge in [0.15, 0.2) is 11.0 Å². The highest BCUT2D eigenvalue weighted by atomic mass is 35.6. The summed E-state index contributed by atoms with van der Waals surface area (Å²) < 4.78 is 3.97. The van der Waals surface area contributed by atoms with E-state index < -0.39 is 38.5 Å². The number of benzene rings is 4. The number of carbonyl (C=O) groups is 3. The van der Waals surface area contributed by atoms with E-state index in [1.165, 1.54) is 13.8 Å². The van der Waals surface area contributed by atoms with Crippen LogP contribution in [0.25, 0.3) is 0 Å². The molecule has 6 nitrogen and oxygen atoms in total. The second-order valence-corrected chi connectivity index (χ2v) is 13.8. The molecule has 2 amide bonds. The summed E-state index contributed by atoms with van der Waals surface area (Å²) in [5.74, 6) is -3.18. The zero-order chi connectivity index (χ0) is 31.3. The van der Waals surface area contributed by atoms with E-state index in [9.17, 15) is 9.59 Å². The number of carbonyl (C=O) groups excluding carboxylic acids is 3. The van der Waals surface area contributed by atoms with Crippen LogP contribution in [0.4, 0.5) is 11.4 Å². The highest BCUT2D eigenvalue weighted by molar-refractivity contribution is 6.68. The Morgan fingerprint density at radius 3 is 1.82 bits per heavy atom. The van der Waals surface area contributed by atoms with Crippen LogP contribution in [0.1, 0.15) is 42.0 Å². The van der Waals surface area contributed by atoms with Crippen LogP contribution in [0.5, 0.6) is 0 Å². The van der Waals surface area contributed by atoms with Gasteiger partial charge in [0.05, 0.1) is 19.0 Å². The number of rotatable bonds is 7. The lowest BCUT2D eigenvalue weighted by Gasteiger charge is -2.38. The molecule has 0 saturated carbocycles. The van der Waals surface area contributed by atoms with E-state index in [4.69, 9.17) is 39.5 Å². The van der Waals surface area contributed by atoms with Crippen LogP contribution in [0, 0.1) is 0 Å². The molecule has 2 atom stereocenters. The summed E-state index contributed by atoms with van der Waals surface area (Å²) in [4.78, 5) is 47.7. The van der Waals surface area contributed by atoms with Gasteiger partial charge in [-0.3, -0.25) is 14.4 Å². The van der Waals surface area contributed by atoms with Crippen molar-refractivity contribution >= 4 is 64.0 Å². The number of alkyl halides is 3. The minimum atomic E-state index is -2.10. The first-order valence-corrected chi connectivity index (χ1v) is 15.3. The molecule has 44 heavy (non-hydrogen) atoms. The van der Waals surface area contributed by atoms with Crippen molar-refractivity contribution in [3.8, 4) is 0 Å². The summed E-state index contributed by atoms with van der Waals surface area (Å²) in [5.41, 5.74) is 0.0380. The van der Waals surface area contributed by atoms with Gasteiger partial charge >= 0.3 is 5.97 Å². The number of ether oxygens (including phenoxy) is 1. The van der Waals surface area contributed by atoms with E-state index in [0.717, 1.165) is 11.1 Å². The fourth-order valence-corrected chi connectivity index (χ4v) is 6.22. The maximum absolute atomic E-state index is 15.0. The fourth-order valence-electron chi connectivity index (χ4n) is 6.10. The quantitative estimate of drug-likeness (QED) is 0.118. The van der Waals surface area contributed by atoms with E-state index in [2.05, 4.69) is 0 Å². The first kappa shape index (κ1) is 30.2. The molecule has 4 aromatic rings. The molecular weight excluding hydrogens is 619 g/mol. The van der Waals surface area contributed by atoms with Crippen LogP contribution in [0.15, 0.2) is 109 Å². The predicted octanol–water partition coefficient (Wildman–Crippen LogP) is 7.49. The second-order valence-electron chi connectivity index (χ2n) is 11.5. The van der Waals surface area contributed by atoms with Crippen LogP contribution in [0.3, 0.4) is 0 Å². The van der Waals surface area contributed by atoms with Crippen molar-refractivity contribution in [2.75, 3.05) is 9.80 Å². The van der Waals surface area contributed by atoms with Gasteiger partial charge in [-0.15, -0.1) is 0 Å². The number of anilines is 2. The Bertz CT molecular complexity index is 1740. The maximum Gasteiger partial charge on any atom is 0.328 e. The number of hydrogen-bond acceptors (Lipinski definition) is 4. The Labute approximate surface area is 271 Å². The maximum atomic E-state index is 15.0. The van der Waals surface area contributed by atoms with Gasteiger partial charge in [-0.05, 0) is 42.7 Å². The number of halogens is 3. The van der Waals surface area contributed by atoms with Crippen LogP contribution in [-0.2, 0) is 37.6 Å². The van der Waals surface area contributed by atoms with Crippen molar-refractivity contribution in [3.63, 3.8) is 0 Å². The molecule has 2 heterocycles. The molecule has 0 N–H and O–H groups in total. The third-order valence-electron chi connectivity index (χ3n) is 8.41. The van der Waals surface area contributed by atoms with E-state index in [-0.39, 0.29) is 13.1 Å². The second kappa shape index (κ2) is 11.3. The molecule has 2 unspecified atom stereocenters. The summed E-state index contributed by atoms with van der Waals surface area (Å²) >= 11 is 18.8. The smallest absolute Gasteiger partial charge is 0.328 e. The molecular formula is C35H29Cl3N2O4. The standard InChI is InChI=1S/C35H29Cl3N2O4/c1-33(2,35(36,37)38)44-32(43)34(26-18-10-12-20-28(26)40(31(34)42)22-24-15-7-4-8-16-24)29-25-17-9-11-19-27(25)39(30(29)41)21-23-13-5-3-6-14-23/h3-20,29H,21-22H2,1-2H3. The van der Waals surface area contributed by atoms with Crippen molar-refractivity contribution in [1.29, 1.82) is 0 Å². The molecule has 0 saturated heterocycles. The molecule has 0 bridgehead atoms. The van der Waals surface area contributed by atoms with E-state index in [1.54, 1.807) is 46.2 Å². The van der Waals surface area contributed by atoms with Gasteiger partial charge in [-0.2, -0.15) is 0 Å². The summed E-state index contributed by atoms with van der Waals surface area (Å²) in [6.45, 7) is 3.35. The van der Waals surface area contributed by atoms with E-state index in [0.29, 0.717) is 22.5 Å². The van der Waals surface area contributed by atoms with Crippen molar-refractivity contribution in [3.05, 3.63) is 131 Å². The van der Waals surface area contributed by atoms with Crippen LogP contribution in [0.2, 0.25) is 0 Å². The minimum Gasteiger partial charge on any atom is -0.454 e. The highest BCUT2D eigenvalue weighted by Crippen LogP contribution is 2.57. The Morgan fingerprint density at radius 2 is 1.23 bits per heavy atom. The van der Waals surface area contributed by atoms with Crippen molar-refractivity contribution in [2.45, 2.75) is 47.7 Å². The normalized spacial score (nSPS) is 19.6. The zero-order valence-corrected chi connectivity index (χ0v) is 26.3. The topological polar surface area (TPSA) is 66.9 Å². The van der Waals surface area contributed by atoms with Gasteiger partial charge in [0.1, 0.15) is 0 Å². The number of nitrogens with zero attached hydrogens (tertiary/aromatic N) is 2. The van der Waals surface area contributed by atoms with Gasteiger partial charge in [0, 0.05) is 16.9 Å². The molecule has 0 radical (unpaired) electrons. The van der Waals surface area contributed by atoms with Crippen molar-refractivity contribution in [2.24, 2.45) is 0 Å². The van der Waals surface area contributed by atoms with Gasteiger partial charge in [0.2, 0.25) is 9.70 Å². The monoisotopic (exact) mass is 646 g/mol. The first-order chi connectivity index (χ1) is 21.0. The Balaban J connectivity index is 1.56. The average molecular weight is 648 g/mol. The molecule has 4 aromatic carbocycles. The summed E-state index contributed by atoms with van der Waals surface area (Å²) in [5, 5.41) is 0. The van der Waals surface area contributed by atoms with Gasteiger partial charge in [-0.1, -0.05) is 132 Å². The zero-order valence-electron chi connectivity index (χ0n) is 24.0. The van der Waals surface area contributed by atoms with Crippen LogP contribution >= 0.6 is 34.8 Å². The number of esters is 1. The lowest BCUT2D eigenvalue weighted by atomic mass is 9.68. The van der Waals surface area contributed by atoms with Gasteiger partial charge < -0.3 is 14.5 Å². The minimum absolute atomic E-state index is 0.176. The molecule has 2 aliphatic heterocycles. The van der Waals surface area contributed by atoms with Crippen molar-refractivity contribution in [1.82, 2.24) is 0 Å².